The minimum Gasteiger partial charge on any atom is -0.484 e. The van der Waals surface area contributed by atoms with Gasteiger partial charge in [0, 0.05) is 30.9 Å². The first-order valence-corrected chi connectivity index (χ1v) is 9.12. The first-order valence-electron chi connectivity index (χ1n) is 9.12. The molecule has 1 saturated heterocycles. The Balaban J connectivity index is 1.48. The van der Waals surface area contributed by atoms with Gasteiger partial charge in [-0.2, -0.15) is 0 Å². The number of hydrogen-bond acceptors (Lipinski definition) is 4. The van der Waals surface area contributed by atoms with Crippen LogP contribution in [0.5, 0.6) is 5.75 Å². The molecule has 0 atom stereocenters. The van der Waals surface area contributed by atoms with Gasteiger partial charge in [-0.15, -0.1) is 0 Å². The Bertz CT molecular complexity index is 605. The molecule has 1 aromatic rings. The van der Waals surface area contributed by atoms with E-state index in [0.717, 1.165) is 44.5 Å². The SMILES string of the molecule is O=C(O)C1CCC(Nc2cccc(OCC(=O)N3CCCC3)c2)CC1. The maximum Gasteiger partial charge on any atom is 0.306 e. The molecule has 1 aromatic carbocycles. The number of benzene rings is 1. The molecular weight excluding hydrogens is 320 g/mol. The molecule has 136 valence electrons. The molecule has 1 aliphatic heterocycles. The fraction of sp³-hybridized carbons (Fsp3) is 0.579. The van der Waals surface area contributed by atoms with Crippen LogP contribution >= 0.6 is 0 Å². The van der Waals surface area contributed by atoms with Crippen LogP contribution in [-0.2, 0) is 9.59 Å². The Hall–Kier alpha value is -2.24. The molecule has 3 rings (SSSR count). The molecule has 2 fully saturated rings. The summed E-state index contributed by atoms with van der Waals surface area (Å²) in [4.78, 5) is 24.9. The first kappa shape index (κ1) is 17.6. The van der Waals surface area contributed by atoms with E-state index in [9.17, 15) is 9.59 Å². The zero-order chi connectivity index (χ0) is 17.6. The number of ether oxygens (including phenoxy) is 1. The van der Waals surface area contributed by atoms with Crippen LogP contribution < -0.4 is 10.1 Å². The number of carbonyl (C=O) groups is 2. The largest absolute Gasteiger partial charge is 0.484 e. The number of carbonyl (C=O) groups excluding carboxylic acids is 1. The maximum absolute atomic E-state index is 12.0. The minimum atomic E-state index is -0.684. The molecule has 1 aliphatic carbocycles. The highest BCUT2D eigenvalue weighted by Gasteiger charge is 2.25. The molecule has 0 unspecified atom stereocenters. The lowest BCUT2D eigenvalue weighted by atomic mass is 9.86. The lowest BCUT2D eigenvalue weighted by Gasteiger charge is -2.27. The van der Waals surface area contributed by atoms with Crippen molar-refractivity contribution in [1.29, 1.82) is 0 Å². The highest BCUT2D eigenvalue weighted by atomic mass is 16.5. The lowest BCUT2D eigenvalue weighted by Crippen LogP contribution is -2.32. The van der Waals surface area contributed by atoms with E-state index in [0.29, 0.717) is 18.6 Å². The van der Waals surface area contributed by atoms with Crippen molar-refractivity contribution in [2.45, 2.75) is 44.6 Å². The first-order chi connectivity index (χ1) is 12.1. The summed E-state index contributed by atoms with van der Waals surface area (Å²) < 4.78 is 5.65. The molecule has 0 radical (unpaired) electrons. The highest BCUT2D eigenvalue weighted by molar-refractivity contribution is 5.78. The molecule has 2 aliphatic rings. The van der Waals surface area contributed by atoms with E-state index in [1.807, 2.05) is 29.2 Å². The van der Waals surface area contributed by atoms with Crippen LogP contribution in [-0.4, -0.2) is 47.6 Å². The number of hydrogen-bond donors (Lipinski definition) is 2. The van der Waals surface area contributed by atoms with Crippen molar-refractivity contribution >= 4 is 17.6 Å². The van der Waals surface area contributed by atoms with Crippen molar-refractivity contribution in [3.8, 4) is 5.75 Å². The second kappa shape index (κ2) is 8.23. The van der Waals surface area contributed by atoms with E-state index in [1.54, 1.807) is 0 Å². The number of rotatable bonds is 6. The number of amides is 1. The second-order valence-corrected chi connectivity index (χ2v) is 6.94. The van der Waals surface area contributed by atoms with Crippen LogP contribution in [0.1, 0.15) is 38.5 Å². The molecule has 2 N–H and O–H groups in total. The van der Waals surface area contributed by atoms with Gasteiger partial charge in [-0.05, 0) is 50.7 Å². The van der Waals surface area contributed by atoms with E-state index in [2.05, 4.69) is 5.32 Å². The summed E-state index contributed by atoms with van der Waals surface area (Å²) in [7, 11) is 0. The molecule has 25 heavy (non-hydrogen) atoms. The van der Waals surface area contributed by atoms with E-state index in [1.165, 1.54) is 0 Å². The number of nitrogens with zero attached hydrogens (tertiary/aromatic N) is 1. The van der Waals surface area contributed by atoms with Crippen molar-refractivity contribution in [1.82, 2.24) is 4.90 Å². The molecule has 1 heterocycles. The van der Waals surface area contributed by atoms with Crippen molar-refractivity contribution in [2.24, 2.45) is 5.92 Å². The van der Waals surface area contributed by atoms with Crippen LogP contribution in [0.25, 0.3) is 0 Å². The van der Waals surface area contributed by atoms with Crippen LogP contribution in [0.4, 0.5) is 5.69 Å². The van der Waals surface area contributed by atoms with Gasteiger partial charge in [0.05, 0.1) is 5.92 Å². The third-order valence-corrected chi connectivity index (χ3v) is 5.10. The van der Waals surface area contributed by atoms with Gasteiger partial charge in [-0.1, -0.05) is 6.07 Å². The Labute approximate surface area is 148 Å². The van der Waals surface area contributed by atoms with Gasteiger partial charge < -0.3 is 20.1 Å². The van der Waals surface area contributed by atoms with Gasteiger partial charge in [0.15, 0.2) is 6.61 Å². The lowest BCUT2D eigenvalue weighted by molar-refractivity contribution is -0.142. The Morgan fingerprint density at radius 2 is 1.88 bits per heavy atom. The summed E-state index contributed by atoms with van der Waals surface area (Å²) in [5, 5.41) is 12.5. The molecule has 1 amide bonds. The van der Waals surface area contributed by atoms with Crippen LogP contribution in [0.15, 0.2) is 24.3 Å². The number of anilines is 1. The molecule has 6 heteroatoms. The maximum atomic E-state index is 12.0. The van der Waals surface area contributed by atoms with Gasteiger partial charge in [0.1, 0.15) is 5.75 Å². The quantitative estimate of drug-likeness (QED) is 0.828. The number of carboxylic acid groups (broad SMARTS) is 1. The third kappa shape index (κ3) is 4.87. The molecule has 0 aromatic heterocycles. The fourth-order valence-corrected chi connectivity index (χ4v) is 3.60. The standard InChI is InChI=1S/C19H26N2O4/c22-18(21-10-1-2-11-21)13-25-17-5-3-4-16(12-17)20-15-8-6-14(7-9-15)19(23)24/h3-5,12,14-15,20H,1-2,6-11,13H2,(H,23,24). The topological polar surface area (TPSA) is 78.9 Å². The monoisotopic (exact) mass is 346 g/mol. The highest BCUT2D eigenvalue weighted by Crippen LogP contribution is 2.27. The Kier molecular flexibility index (Phi) is 5.79. The van der Waals surface area contributed by atoms with Gasteiger partial charge in [-0.25, -0.2) is 0 Å². The average molecular weight is 346 g/mol. The van der Waals surface area contributed by atoms with E-state index in [-0.39, 0.29) is 24.5 Å². The van der Waals surface area contributed by atoms with Gasteiger partial charge in [0.2, 0.25) is 0 Å². The summed E-state index contributed by atoms with van der Waals surface area (Å²) in [6.45, 7) is 1.75. The number of nitrogens with one attached hydrogen (secondary N) is 1. The zero-order valence-electron chi connectivity index (χ0n) is 14.4. The van der Waals surface area contributed by atoms with Crippen molar-refractivity contribution in [2.75, 3.05) is 25.0 Å². The molecule has 1 saturated carbocycles. The van der Waals surface area contributed by atoms with Crippen molar-refractivity contribution < 1.29 is 19.4 Å². The summed E-state index contributed by atoms with van der Waals surface area (Å²) in [6, 6.07) is 7.92. The van der Waals surface area contributed by atoms with Gasteiger partial charge >= 0.3 is 5.97 Å². The van der Waals surface area contributed by atoms with Crippen molar-refractivity contribution in [3.05, 3.63) is 24.3 Å². The number of aliphatic carboxylic acids is 1. The molecule has 6 nitrogen and oxygen atoms in total. The third-order valence-electron chi connectivity index (χ3n) is 5.10. The number of likely N-dealkylation sites (tertiary alicyclic amines) is 1. The minimum absolute atomic E-state index is 0.0443. The fourth-order valence-electron chi connectivity index (χ4n) is 3.60. The molecule has 0 bridgehead atoms. The summed E-state index contributed by atoms with van der Waals surface area (Å²) >= 11 is 0. The zero-order valence-corrected chi connectivity index (χ0v) is 14.4. The van der Waals surface area contributed by atoms with Gasteiger partial charge in [0.25, 0.3) is 5.91 Å². The second-order valence-electron chi connectivity index (χ2n) is 6.94. The van der Waals surface area contributed by atoms with Crippen LogP contribution in [0, 0.1) is 5.92 Å². The summed E-state index contributed by atoms with van der Waals surface area (Å²) in [5.74, 6) is -0.166. The van der Waals surface area contributed by atoms with Crippen LogP contribution in [0.2, 0.25) is 0 Å². The predicted molar refractivity (Wildman–Crippen MR) is 94.8 cm³/mol. The average Bonchev–Trinajstić information content (AvgIpc) is 3.15. The summed E-state index contributed by atoms with van der Waals surface area (Å²) in [5.41, 5.74) is 0.949. The Morgan fingerprint density at radius 1 is 1.16 bits per heavy atom. The molecular formula is C19H26N2O4. The van der Waals surface area contributed by atoms with E-state index >= 15 is 0 Å². The summed E-state index contributed by atoms with van der Waals surface area (Å²) in [6.07, 6.45) is 5.30. The number of carboxylic acids is 1. The van der Waals surface area contributed by atoms with Crippen LogP contribution in [0.3, 0.4) is 0 Å². The van der Waals surface area contributed by atoms with Crippen molar-refractivity contribution in [3.63, 3.8) is 0 Å². The van der Waals surface area contributed by atoms with E-state index in [4.69, 9.17) is 9.84 Å². The smallest absolute Gasteiger partial charge is 0.306 e. The Morgan fingerprint density at radius 3 is 2.56 bits per heavy atom. The molecule has 0 spiro atoms. The van der Waals surface area contributed by atoms with Gasteiger partial charge in [-0.3, -0.25) is 9.59 Å². The van der Waals surface area contributed by atoms with E-state index < -0.39 is 5.97 Å². The normalized spacial score (nSPS) is 23.3. The predicted octanol–water partition coefficient (Wildman–Crippen LogP) is 2.74.